The molecule has 1 N–H and O–H groups in total. The number of thiophene rings is 1. The molecule has 136 valence electrons. The number of rotatable bonds is 4. The van der Waals surface area contributed by atoms with Gasteiger partial charge in [0.1, 0.15) is 11.1 Å². The number of nitrogens with one attached hydrogen (secondary N) is 1. The first-order valence-corrected chi connectivity index (χ1v) is 9.35. The van der Waals surface area contributed by atoms with Gasteiger partial charge in [-0.2, -0.15) is 10.5 Å². The van der Waals surface area contributed by atoms with E-state index < -0.39 is 18.5 Å². The van der Waals surface area contributed by atoms with Gasteiger partial charge in [0.25, 0.3) is 5.91 Å². The standard InChI is InChI=1S/C20H17N3O3S/c1-12-2-7-15-16(10-22)19(27-17(15)8-12)23-18(24)11-26-20(25)14-5-3-13(9-21)4-6-14/h3-6,12H,2,7-8,11H2,1H3,(H,23,24). The van der Waals surface area contributed by atoms with Gasteiger partial charge in [0, 0.05) is 4.88 Å². The number of carbonyl (C=O) groups is 2. The van der Waals surface area contributed by atoms with Crippen molar-refractivity contribution in [2.45, 2.75) is 26.2 Å². The normalized spacial score (nSPS) is 15.1. The molecule has 0 bridgehead atoms. The van der Waals surface area contributed by atoms with Gasteiger partial charge in [-0.1, -0.05) is 6.92 Å². The lowest BCUT2D eigenvalue weighted by molar-refractivity contribution is -0.119. The molecule has 1 aromatic carbocycles. The fraction of sp³-hybridized carbons (Fsp3) is 0.300. The molecule has 1 unspecified atom stereocenters. The highest BCUT2D eigenvalue weighted by molar-refractivity contribution is 7.16. The van der Waals surface area contributed by atoms with Crippen molar-refractivity contribution in [3.8, 4) is 12.1 Å². The molecule has 1 aliphatic carbocycles. The lowest BCUT2D eigenvalue weighted by Crippen LogP contribution is -2.20. The number of fused-ring (bicyclic) bond motifs is 1. The van der Waals surface area contributed by atoms with Crippen molar-refractivity contribution in [1.82, 2.24) is 0 Å². The van der Waals surface area contributed by atoms with Gasteiger partial charge in [0.15, 0.2) is 6.61 Å². The van der Waals surface area contributed by atoms with Crippen molar-refractivity contribution in [3.63, 3.8) is 0 Å². The summed E-state index contributed by atoms with van der Waals surface area (Å²) in [4.78, 5) is 25.3. The highest BCUT2D eigenvalue weighted by Crippen LogP contribution is 2.39. The van der Waals surface area contributed by atoms with Crippen LogP contribution >= 0.6 is 11.3 Å². The third-order valence-electron chi connectivity index (χ3n) is 4.46. The summed E-state index contributed by atoms with van der Waals surface area (Å²) in [6.07, 6.45) is 2.80. The number of anilines is 1. The van der Waals surface area contributed by atoms with Gasteiger partial charge >= 0.3 is 5.97 Å². The molecular weight excluding hydrogens is 362 g/mol. The number of esters is 1. The molecule has 1 amide bonds. The molecule has 1 aromatic heterocycles. The number of ether oxygens (including phenoxy) is 1. The summed E-state index contributed by atoms with van der Waals surface area (Å²) in [5.41, 5.74) is 2.25. The maximum absolute atomic E-state index is 12.2. The van der Waals surface area contributed by atoms with Crippen LogP contribution in [0.25, 0.3) is 0 Å². The minimum Gasteiger partial charge on any atom is -0.452 e. The van der Waals surface area contributed by atoms with Crippen molar-refractivity contribution in [2.75, 3.05) is 11.9 Å². The number of nitriles is 2. The van der Waals surface area contributed by atoms with Gasteiger partial charge in [-0.15, -0.1) is 11.3 Å². The third-order valence-corrected chi connectivity index (χ3v) is 5.63. The van der Waals surface area contributed by atoms with E-state index in [9.17, 15) is 14.9 Å². The van der Waals surface area contributed by atoms with Crippen LogP contribution in [0.3, 0.4) is 0 Å². The summed E-state index contributed by atoms with van der Waals surface area (Å²) >= 11 is 1.43. The Bertz CT molecular complexity index is 964. The zero-order valence-corrected chi connectivity index (χ0v) is 15.6. The Hall–Kier alpha value is -3.16. The van der Waals surface area contributed by atoms with E-state index in [-0.39, 0.29) is 5.56 Å². The second-order valence-electron chi connectivity index (χ2n) is 6.48. The van der Waals surface area contributed by atoms with E-state index in [1.54, 1.807) is 0 Å². The summed E-state index contributed by atoms with van der Waals surface area (Å²) < 4.78 is 5.02. The minimum absolute atomic E-state index is 0.264. The lowest BCUT2D eigenvalue weighted by atomic mass is 9.89. The lowest BCUT2D eigenvalue weighted by Gasteiger charge is -2.17. The van der Waals surface area contributed by atoms with Gasteiger partial charge in [0.2, 0.25) is 0 Å². The molecule has 2 aromatic rings. The predicted molar refractivity (Wildman–Crippen MR) is 100 cm³/mol. The van der Waals surface area contributed by atoms with Gasteiger partial charge in [-0.05, 0) is 55.0 Å². The molecule has 27 heavy (non-hydrogen) atoms. The Morgan fingerprint density at radius 1 is 1.26 bits per heavy atom. The van der Waals surface area contributed by atoms with Crippen molar-refractivity contribution < 1.29 is 14.3 Å². The summed E-state index contributed by atoms with van der Waals surface area (Å²) in [6.45, 7) is 1.73. The molecule has 0 radical (unpaired) electrons. The van der Waals surface area contributed by atoms with Gasteiger partial charge in [-0.3, -0.25) is 4.79 Å². The summed E-state index contributed by atoms with van der Waals surface area (Å²) in [7, 11) is 0. The molecule has 0 fully saturated rings. The van der Waals surface area contributed by atoms with Crippen LogP contribution in [0.5, 0.6) is 0 Å². The van der Waals surface area contributed by atoms with Crippen LogP contribution in [0.4, 0.5) is 5.00 Å². The summed E-state index contributed by atoms with van der Waals surface area (Å²) in [5.74, 6) is -0.561. The number of amides is 1. The van der Waals surface area contributed by atoms with Crippen LogP contribution in [-0.4, -0.2) is 18.5 Å². The Labute approximate surface area is 161 Å². The Morgan fingerprint density at radius 2 is 2.00 bits per heavy atom. The molecular formula is C20H17N3O3S. The van der Waals surface area contributed by atoms with Crippen LogP contribution in [0.15, 0.2) is 24.3 Å². The maximum Gasteiger partial charge on any atom is 0.338 e. The fourth-order valence-electron chi connectivity index (χ4n) is 3.02. The molecule has 0 saturated carbocycles. The minimum atomic E-state index is -0.644. The number of hydrogen-bond acceptors (Lipinski definition) is 6. The fourth-order valence-corrected chi connectivity index (χ4v) is 4.39. The molecule has 0 saturated heterocycles. The first-order valence-electron chi connectivity index (χ1n) is 8.53. The van der Waals surface area contributed by atoms with Crippen LogP contribution < -0.4 is 5.32 Å². The molecule has 3 rings (SSSR count). The van der Waals surface area contributed by atoms with Gasteiger partial charge in [-0.25, -0.2) is 4.79 Å². The second kappa shape index (κ2) is 8.03. The average Bonchev–Trinajstić information content (AvgIpc) is 3.01. The topological polar surface area (TPSA) is 103 Å². The first kappa shape index (κ1) is 18.6. The number of nitrogens with zero attached hydrogens (tertiary/aromatic N) is 2. The average molecular weight is 379 g/mol. The van der Waals surface area contributed by atoms with Crippen molar-refractivity contribution in [1.29, 1.82) is 10.5 Å². The maximum atomic E-state index is 12.2. The van der Waals surface area contributed by atoms with Gasteiger partial charge in [0.05, 0.1) is 22.8 Å². The van der Waals surface area contributed by atoms with Crippen LogP contribution in [0.1, 0.15) is 45.3 Å². The van der Waals surface area contributed by atoms with E-state index >= 15 is 0 Å². The van der Waals surface area contributed by atoms with E-state index in [1.807, 2.05) is 6.07 Å². The Kier molecular flexibility index (Phi) is 5.54. The van der Waals surface area contributed by atoms with Crippen molar-refractivity contribution in [2.24, 2.45) is 5.92 Å². The number of hydrogen-bond donors (Lipinski definition) is 1. The smallest absolute Gasteiger partial charge is 0.338 e. The monoisotopic (exact) mass is 379 g/mol. The second-order valence-corrected chi connectivity index (χ2v) is 7.59. The largest absolute Gasteiger partial charge is 0.452 e. The SMILES string of the molecule is CC1CCc2c(sc(NC(=O)COC(=O)c3ccc(C#N)cc3)c2C#N)C1. The molecule has 0 aliphatic heterocycles. The van der Waals surface area contributed by atoms with Gasteiger partial charge < -0.3 is 10.1 Å². The van der Waals surface area contributed by atoms with E-state index in [4.69, 9.17) is 10.00 Å². The zero-order chi connectivity index (χ0) is 19.4. The van der Waals surface area contributed by atoms with E-state index in [2.05, 4.69) is 18.3 Å². The van der Waals surface area contributed by atoms with E-state index in [0.717, 1.165) is 29.7 Å². The predicted octanol–water partition coefficient (Wildman–Crippen LogP) is 3.41. The van der Waals surface area contributed by atoms with E-state index in [0.29, 0.717) is 22.0 Å². The third kappa shape index (κ3) is 4.16. The van der Waals surface area contributed by atoms with Crippen LogP contribution in [-0.2, 0) is 22.4 Å². The molecule has 6 nitrogen and oxygen atoms in total. The zero-order valence-electron chi connectivity index (χ0n) is 14.7. The number of benzene rings is 1. The molecule has 7 heteroatoms. The van der Waals surface area contributed by atoms with Crippen LogP contribution in [0.2, 0.25) is 0 Å². The van der Waals surface area contributed by atoms with E-state index in [1.165, 1.54) is 35.6 Å². The first-order chi connectivity index (χ1) is 13.0. The summed E-state index contributed by atoms with van der Waals surface area (Å²) in [5, 5.41) is 21.4. The van der Waals surface area contributed by atoms with Crippen LogP contribution in [0, 0.1) is 28.6 Å². The highest BCUT2D eigenvalue weighted by Gasteiger charge is 2.24. The Morgan fingerprint density at radius 3 is 2.67 bits per heavy atom. The highest BCUT2D eigenvalue weighted by atomic mass is 32.1. The molecule has 1 atom stereocenters. The molecule has 1 aliphatic rings. The number of carbonyl (C=O) groups excluding carboxylic acids is 2. The Balaban J connectivity index is 1.62. The van der Waals surface area contributed by atoms with Crippen molar-refractivity contribution >= 4 is 28.2 Å². The molecule has 0 spiro atoms. The quantitative estimate of drug-likeness (QED) is 0.820. The molecule has 1 heterocycles. The summed E-state index contributed by atoms with van der Waals surface area (Å²) in [6, 6.07) is 10.1. The van der Waals surface area contributed by atoms with Crippen molar-refractivity contribution in [3.05, 3.63) is 51.4 Å².